The molecule has 0 aliphatic carbocycles. The van der Waals surface area contributed by atoms with Crippen molar-refractivity contribution in [2.24, 2.45) is 0 Å². The zero-order valence-electron chi connectivity index (χ0n) is 10.1. The van der Waals surface area contributed by atoms with Gasteiger partial charge in [-0.1, -0.05) is 19.1 Å². The Bertz CT molecular complexity index is 421. The van der Waals surface area contributed by atoms with Crippen molar-refractivity contribution in [3.05, 3.63) is 29.8 Å². The maximum absolute atomic E-state index is 11.6. The Morgan fingerprint density at radius 2 is 1.69 bits per heavy atom. The average molecular weight is 241 g/mol. The fraction of sp³-hybridized carbons (Fsp3) is 0.500. The van der Waals surface area contributed by atoms with Crippen molar-refractivity contribution < 1.29 is 8.42 Å². The summed E-state index contributed by atoms with van der Waals surface area (Å²) >= 11 is 0. The van der Waals surface area contributed by atoms with Crippen molar-refractivity contribution in [2.45, 2.75) is 18.2 Å². The summed E-state index contributed by atoms with van der Waals surface area (Å²) < 4.78 is 23.1. The fourth-order valence-corrected chi connectivity index (χ4v) is 2.27. The van der Waals surface area contributed by atoms with Crippen LogP contribution >= 0.6 is 0 Å². The highest BCUT2D eigenvalue weighted by Crippen LogP contribution is 2.12. The van der Waals surface area contributed by atoms with Gasteiger partial charge < -0.3 is 4.90 Å². The van der Waals surface area contributed by atoms with Gasteiger partial charge in [0.2, 0.25) is 0 Å². The maximum Gasteiger partial charge on any atom is 0.178 e. The highest BCUT2D eigenvalue weighted by molar-refractivity contribution is 7.91. The van der Waals surface area contributed by atoms with Gasteiger partial charge in [-0.2, -0.15) is 0 Å². The van der Waals surface area contributed by atoms with Crippen LogP contribution in [-0.2, 0) is 16.3 Å². The van der Waals surface area contributed by atoms with Gasteiger partial charge in [-0.05, 0) is 38.2 Å². The number of sulfone groups is 1. The second kappa shape index (κ2) is 5.46. The lowest BCUT2D eigenvalue weighted by Crippen LogP contribution is -2.15. The number of hydrogen-bond acceptors (Lipinski definition) is 3. The molecule has 1 aromatic rings. The Hall–Kier alpha value is -0.870. The zero-order valence-corrected chi connectivity index (χ0v) is 10.9. The molecular formula is C12H19NO2S. The van der Waals surface area contributed by atoms with E-state index in [-0.39, 0.29) is 5.75 Å². The molecule has 90 valence electrons. The van der Waals surface area contributed by atoms with Gasteiger partial charge in [-0.25, -0.2) is 8.42 Å². The normalized spacial score (nSPS) is 12.0. The number of benzene rings is 1. The summed E-state index contributed by atoms with van der Waals surface area (Å²) in [5.41, 5.74) is 1.17. The third kappa shape index (κ3) is 3.61. The molecule has 0 amide bonds. The Balaban J connectivity index is 2.76. The summed E-state index contributed by atoms with van der Waals surface area (Å²) in [6.45, 7) is 2.63. The van der Waals surface area contributed by atoms with Crippen LogP contribution in [0.3, 0.4) is 0 Å². The summed E-state index contributed by atoms with van der Waals surface area (Å²) in [6.07, 6.45) is 0.944. The first-order valence-corrected chi connectivity index (χ1v) is 7.07. The predicted molar refractivity (Wildman–Crippen MR) is 66.4 cm³/mol. The molecule has 0 fully saturated rings. The Morgan fingerprint density at radius 1 is 1.12 bits per heavy atom. The molecule has 0 N–H and O–H groups in total. The largest absolute Gasteiger partial charge is 0.309 e. The highest BCUT2D eigenvalue weighted by Gasteiger charge is 2.10. The summed E-state index contributed by atoms with van der Waals surface area (Å²) in [6, 6.07) is 7.19. The molecule has 0 heterocycles. The Morgan fingerprint density at radius 3 is 2.12 bits per heavy atom. The van der Waals surface area contributed by atoms with Gasteiger partial charge in [0.05, 0.1) is 10.6 Å². The van der Waals surface area contributed by atoms with E-state index in [9.17, 15) is 8.42 Å². The SMILES string of the molecule is CCS(=O)(=O)c1ccc(CCN(C)C)cc1. The lowest BCUT2D eigenvalue weighted by atomic mass is 10.1. The van der Waals surface area contributed by atoms with Gasteiger partial charge in [0.1, 0.15) is 0 Å². The second-order valence-corrected chi connectivity index (χ2v) is 6.38. The lowest BCUT2D eigenvalue weighted by Gasteiger charge is -2.09. The van der Waals surface area contributed by atoms with E-state index in [1.807, 2.05) is 26.2 Å². The van der Waals surface area contributed by atoms with E-state index in [4.69, 9.17) is 0 Å². The van der Waals surface area contributed by atoms with E-state index < -0.39 is 9.84 Å². The van der Waals surface area contributed by atoms with E-state index >= 15 is 0 Å². The first-order valence-electron chi connectivity index (χ1n) is 5.42. The molecule has 0 radical (unpaired) electrons. The van der Waals surface area contributed by atoms with Crippen LogP contribution < -0.4 is 0 Å². The van der Waals surface area contributed by atoms with Gasteiger partial charge in [-0.15, -0.1) is 0 Å². The van der Waals surface area contributed by atoms with Gasteiger partial charge in [0.15, 0.2) is 9.84 Å². The van der Waals surface area contributed by atoms with E-state index in [1.54, 1.807) is 19.1 Å². The molecule has 1 rings (SSSR count). The highest BCUT2D eigenvalue weighted by atomic mass is 32.2. The fourth-order valence-electron chi connectivity index (χ4n) is 1.38. The van der Waals surface area contributed by atoms with Crippen LogP contribution in [0.2, 0.25) is 0 Å². The van der Waals surface area contributed by atoms with Crippen molar-refractivity contribution >= 4 is 9.84 Å². The molecule has 0 aromatic heterocycles. The molecule has 0 aliphatic rings. The van der Waals surface area contributed by atoms with Crippen LogP contribution in [0, 0.1) is 0 Å². The molecule has 3 nitrogen and oxygen atoms in total. The van der Waals surface area contributed by atoms with Crippen LogP contribution in [-0.4, -0.2) is 39.7 Å². The molecule has 4 heteroatoms. The molecule has 16 heavy (non-hydrogen) atoms. The first-order chi connectivity index (χ1) is 7.45. The van der Waals surface area contributed by atoms with Gasteiger partial charge in [-0.3, -0.25) is 0 Å². The monoisotopic (exact) mass is 241 g/mol. The number of likely N-dealkylation sites (N-methyl/N-ethyl adjacent to an activating group) is 1. The zero-order chi connectivity index (χ0) is 12.2. The number of hydrogen-bond donors (Lipinski definition) is 0. The molecular weight excluding hydrogens is 222 g/mol. The van der Waals surface area contributed by atoms with Crippen molar-refractivity contribution in [1.82, 2.24) is 4.90 Å². The first kappa shape index (κ1) is 13.2. The molecule has 0 saturated heterocycles. The molecule has 1 aromatic carbocycles. The molecule has 0 spiro atoms. The van der Waals surface area contributed by atoms with Gasteiger partial charge in [0.25, 0.3) is 0 Å². The second-order valence-electron chi connectivity index (χ2n) is 4.10. The minimum absolute atomic E-state index is 0.157. The summed E-state index contributed by atoms with van der Waals surface area (Å²) in [4.78, 5) is 2.53. The molecule has 0 unspecified atom stereocenters. The topological polar surface area (TPSA) is 37.4 Å². The van der Waals surface area contributed by atoms with E-state index in [1.165, 1.54) is 5.56 Å². The smallest absolute Gasteiger partial charge is 0.178 e. The Kier molecular flexibility index (Phi) is 4.50. The van der Waals surface area contributed by atoms with Crippen LogP contribution in [0.15, 0.2) is 29.2 Å². The van der Waals surface area contributed by atoms with Crippen LogP contribution in [0.4, 0.5) is 0 Å². The van der Waals surface area contributed by atoms with Crippen LogP contribution in [0.5, 0.6) is 0 Å². The molecule has 0 aliphatic heterocycles. The van der Waals surface area contributed by atoms with Crippen molar-refractivity contribution in [1.29, 1.82) is 0 Å². The molecule has 0 saturated carbocycles. The number of rotatable bonds is 5. The average Bonchev–Trinajstić information content (AvgIpc) is 2.27. The molecule has 0 atom stereocenters. The standard InChI is InChI=1S/C12H19NO2S/c1-4-16(14,15)12-7-5-11(6-8-12)9-10-13(2)3/h5-8H,4,9-10H2,1-3H3. The van der Waals surface area contributed by atoms with Crippen molar-refractivity contribution in [3.8, 4) is 0 Å². The van der Waals surface area contributed by atoms with E-state index in [0.717, 1.165) is 13.0 Å². The van der Waals surface area contributed by atoms with Gasteiger partial charge >= 0.3 is 0 Å². The summed E-state index contributed by atoms with van der Waals surface area (Å²) in [5, 5.41) is 0. The maximum atomic E-state index is 11.6. The minimum atomic E-state index is -3.06. The van der Waals surface area contributed by atoms with Crippen LogP contribution in [0.25, 0.3) is 0 Å². The third-order valence-electron chi connectivity index (χ3n) is 2.51. The predicted octanol–water partition coefficient (Wildman–Crippen LogP) is 1.58. The summed E-state index contributed by atoms with van der Waals surface area (Å²) in [5.74, 6) is 0.157. The van der Waals surface area contributed by atoms with E-state index in [2.05, 4.69) is 4.90 Å². The lowest BCUT2D eigenvalue weighted by molar-refractivity contribution is 0.413. The van der Waals surface area contributed by atoms with Crippen molar-refractivity contribution in [3.63, 3.8) is 0 Å². The van der Waals surface area contributed by atoms with Crippen molar-refractivity contribution in [2.75, 3.05) is 26.4 Å². The quantitative estimate of drug-likeness (QED) is 0.785. The molecule has 0 bridgehead atoms. The number of nitrogens with zero attached hydrogens (tertiary/aromatic N) is 1. The minimum Gasteiger partial charge on any atom is -0.309 e. The Labute approximate surface area is 98.0 Å². The van der Waals surface area contributed by atoms with Gasteiger partial charge in [0, 0.05) is 6.54 Å². The third-order valence-corrected chi connectivity index (χ3v) is 4.26. The van der Waals surface area contributed by atoms with Crippen LogP contribution in [0.1, 0.15) is 12.5 Å². The summed E-state index contributed by atoms with van der Waals surface area (Å²) in [7, 11) is 0.991. The van der Waals surface area contributed by atoms with E-state index in [0.29, 0.717) is 4.90 Å².